The first-order chi connectivity index (χ1) is 9.95. The van der Waals surface area contributed by atoms with Crippen molar-refractivity contribution in [3.8, 4) is 0 Å². The Bertz CT molecular complexity index is 551. The Labute approximate surface area is 133 Å². The molecule has 1 aromatic carbocycles. The molecule has 0 radical (unpaired) electrons. The molecule has 0 spiro atoms. The highest BCUT2D eigenvalue weighted by atomic mass is 35.5. The highest BCUT2D eigenvalue weighted by Gasteiger charge is 2.25. The Kier molecular flexibility index (Phi) is 5.45. The van der Waals surface area contributed by atoms with Crippen LogP contribution in [0.3, 0.4) is 0 Å². The number of halogens is 2. The van der Waals surface area contributed by atoms with Crippen LogP contribution in [0.4, 0.5) is 5.69 Å². The summed E-state index contributed by atoms with van der Waals surface area (Å²) in [5.74, 6) is -0.625. The van der Waals surface area contributed by atoms with Crippen LogP contribution in [0.1, 0.15) is 12.8 Å². The van der Waals surface area contributed by atoms with Gasteiger partial charge in [0.1, 0.15) is 0 Å². The Morgan fingerprint density at radius 1 is 1.33 bits per heavy atom. The molecular weight excluding hydrogens is 313 g/mol. The van der Waals surface area contributed by atoms with E-state index in [4.69, 9.17) is 28.9 Å². The maximum absolute atomic E-state index is 12.0. The molecule has 1 atom stereocenters. The maximum Gasteiger partial charge on any atom is 0.238 e. The number of hydrogen-bond acceptors (Lipinski definition) is 3. The summed E-state index contributed by atoms with van der Waals surface area (Å²) < 4.78 is 0. The van der Waals surface area contributed by atoms with E-state index < -0.39 is 0 Å². The van der Waals surface area contributed by atoms with Crippen molar-refractivity contribution in [1.29, 1.82) is 0 Å². The molecule has 1 fully saturated rings. The minimum Gasteiger partial charge on any atom is -0.369 e. The Morgan fingerprint density at radius 2 is 2.10 bits per heavy atom. The number of nitrogens with two attached hydrogens (primary N) is 1. The lowest BCUT2D eigenvalue weighted by molar-refractivity contribution is -0.125. The third-order valence-electron chi connectivity index (χ3n) is 3.48. The van der Waals surface area contributed by atoms with Gasteiger partial charge < -0.3 is 11.1 Å². The average molecular weight is 330 g/mol. The summed E-state index contributed by atoms with van der Waals surface area (Å²) in [5.41, 5.74) is 5.92. The Balaban J connectivity index is 1.89. The summed E-state index contributed by atoms with van der Waals surface area (Å²) in [6, 6.07) is 4.92. The number of carbonyl (C=O) groups excluding carboxylic acids is 2. The predicted molar refractivity (Wildman–Crippen MR) is 83.5 cm³/mol. The number of amides is 2. The lowest BCUT2D eigenvalue weighted by atomic mass is 9.97. The topological polar surface area (TPSA) is 75.4 Å². The van der Waals surface area contributed by atoms with Gasteiger partial charge in [-0.05, 0) is 37.6 Å². The molecule has 114 valence electrons. The summed E-state index contributed by atoms with van der Waals surface area (Å²) in [7, 11) is 0. The molecule has 2 amide bonds. The van der Waals surface area contributed by atoms with E-state index in [-0.39, 0.29) is 24.3 Å². The van der Waals surface area contributed by atoms with Crippen molar-refractivity contribution in [1.82, 2.24) is 4.90 Å². The molecule has 0 aliphatic carbocycles. The monoisotopic (exact) mass is 329 g/mol. The fourth-order valence-corrected chi connectivity index (χ4v) is 2.71. The van der Waals surface area contributed by atoms with E-state index in [1.807, 2.05) is 4.90 Å². The van der Waals surface area contributed by atoms with Crippen LogP contribution in [-0.2, 0) is 9.59 Å². The summed E-state index contributed by atoms with van der Waals surface area (Å²) in [6.45, 7) is 1.55. The van der Waals surface area contributed by atoms with Gasteiger partial charge in [-0.3, -0.25) is 14.5 Å². The number of anilines is 1. The third-order valence-corrected chi connectivity index (χ3v) is 4.22. The minimum atomic E-state index is -0.301. The van der Waals surface area contributed by atoms with Crippen molar-refractivity contribution >= 4 is 40.7 Å². The molecule has 21 heavy (non-hydrogen) atoms. The fraction of sp³-hybridized carbons (Fsp3) is 0.429. The molecule has 2 rings (SSSR count). The molecular formula is C14H17Cl2N3O2. The van der Waals surface area contributed by atoms with E-state index in [2.05, 4.69) is 5.32 Å². The lowest BCUT2D eigenvalue weighted by Crippen LogP contribution is -2.44. The van der Waals surface area contributed by atoms with Gasteiger partial charge in [-0.15, -0.1) is 0 Å². The number of carbonyl (C=O) groups is 2. The van der Waals surface area contributed by atoms with E-state index >= 15 is 0 Å². The molecule has 3 N–H and O–H groups in total. The molecule has 0 aromatic heterocycles. The molecule has 1 aliphatic heterocycles. The van der Waals surface area contributed by atoms with E-state index in [9.17, 15) is 9.59 Å². The van der Waals surface area contributed by atoms with Gasteiger partial charge in [-0.1, -0.05) is 23.2 Å². The number of hydrogen-bond donors (Lipinski definition) is 2. The van der Waals surface area contributed by atoms with Crippen LogP contribution in [0.25, 0.3) is 0 Å². The predicted octanol–water partition coefficient (Wildman–Crippen LogP) is 2.13. The van der Waals surface area contributed by atoms with E-state index in [1.165, 1.54) is 0 Å². The third kappa shape index (κ3) is 4.59. The summed E-state index contributed by atoms with van der Waals surface area (Å²) in [4.78, 5) is 25.2. The molecule has 7 heteroatoms. The van der Waals surface area contributed by atoms with Gasteiger partial charge in [-0.2, -0.15) is 0 Å². The first-order valence-electron chi connectivity index (χ1n) is 6.72. The first kappa shape index (κ1) is 16.1. The number of nitrogens with zero attached hydrogens (tertiary/aromatic N) is 1. The first-order valence-corrected chi connectivity index (χ1v) is 7.48. The van der Waals surface area contributed by atoms with Crippen molar-refractivity contribution in [2.45, 2.75) is 12.8 Å². The zero-order chi connectivity index (χ0) is 15.4. The zero-order valence-corrected chi connectivity index (χ0v) is 13.0. The Morgan fingerprint density at radius 3 is 2.76 bits per heavy atom. The molecule has 1 heterocycles. The normalized spacial score (nSPS) is 19.2. The lowest BCUT2D eigenvalue weighted by Gasteiger charge is -2.30. The van der Waals surface area contributed by atoms with Gasteiger partial charge in [0.05, 0.1) is 22.5 Å². The van der Waals surface area contributed by atoms with Gasteiger partial charge in [-0.25, -0.2) is 0 Å². The summed E-state index contributed by atoms with van der Waals surface area (Å²) in [6.07, 6.45) is 1.66. The van der Waals surface area contributed by atoms with Gasteiger partial charge in [0.2, 0.25) is 11.8 Å². The molecule has 0 unspecified atom stereocenters. The van der Waals surface area contributed by atoms with Crippen molar-refractivity contribution in [2.75, 3.05) is 25.0 Å². The molecule has 5 nitrogen and oxygen atoms in total. The van der Waals surface area contributed by atoms with Crippen LogP contribution >= 0.6 is 23.2 Å². The van der Waals surface area contributed by atoms with Crippen LogP contribution in [0.15, 0.2) is 18.2 Å². The molecule has 1 aromatic rings. The molecule has 1 aliphatic rings. The van der Waals surface area contributed by atoms with Gasteiger partial charge in [0, 0.05) is 12.2 Å². The standard InChI is InChI=1S/C14H17Cl2N3O2/c15-11-4-3-10(6-12(11)16)18-13(20)8-19-5-1-2-9(7-19)14(17)21/h3-4,6,9H,1-2,5,7-8H2,(H2,17,21)(H,18,20)/t9-/m1/s1. The van der Waals surface area contributed by atoms with Crippen LogP contribution < -0.4 is 11.1 Å². The largest absolute Gasteiger partial charge is 0.369 e. The van der Waals surface area contributed by atoms with Crippen molar-refractivity contribution in [3.63, 3.8) is 0 Å². The van der Waals surface area contributed by atoms with E-state index in [1.54, 1.807) is 18.2 Å². The second kappa shape index (κ2) is 7.11. The highest BCUT2D eigenvalue weighted by molar-refractivity contribution is 6.42. The second-order valence-corrected chi connectivity index (χ2v) is 5.97. The number of nitrogens with one attached hydrogen (secondary N) is 1. The van der Waals surface area contributed by atoms with Crippen molar-refractivity contribution in [2.24, 2.45) is 11.7 Å². The van der Waals surface area contributed by atoms with Crippen LogP contribution in [0.5, 0.6) is 0 Å². The van der Waals surface area contributed by atoms with Crippen molar-refractivity contribution < 1.29 is 9.59 Å². The molecule has 0 saturated carbocycles. The van der Waals surface area contributed by atoms with Crippen LogP contribution in [-0.4, -0.2) is 36.3 Å². The number of benzene rings is 1. The number of piperidine rings is 1. The van der Waals surface area contributed by atoms with Crippen LogP contribution in [0.2, 0.25) is 10.0 Å². The van der Waals surface area contributed by atoms with Gasteiger partial charge >= 0.3 is 0 Å². The van der Waals surface area contributed by atoms with Crippen molar-refractivity contribution in [3.05, 3.63) is 28.2 Å². The van der Waals surface area contributed by atoms with Crippen LogP contribution in [0, 0.1) is 5.92 Å². The Hall–Kier alpha value is -1.30. The minimum absolute atomic E-state index is 0.154. The van der Waals surface area contributed by atoms with Gasteiger partial charge in [0.15, 0.2) is 0 Å². The number of rotatable bonds is 4. The molecule has 0 bridgehead atoms. The second-order valence-electron chi connectivity index (χ2n) is 5.15. The molecule has 1 saturated heterocycles. The highest BCUT2D eigenvalue weighted by Crippen LogP contribution is 2.25. The quantitative estimate of drug-likeness (QED) is 0.888. The average Bonchev–Trinajstić information content (AvgIpc) is 2.43. The van der Waals surface area contributed by atoms with E-state index in [0.717, 1.165) is 19.4 Å². The van der Waals surface area contributed by atoms with Gasteiger partial charge in [0.25, 0.3) is 0 Å². The number of primary amides is 1. The zero-order valence-electron chi connectivity index (χ0n) is 11.4. The summed E-state index contributed by atoms with van der Waals surface area (Å²) in [5, 5.41) is 3.59. The SMILES string of the molecule is NC(=O)[C@@H]1CCCN(CC(=O)Nc2ccc(Cl)c(Cl)c2)C1. The number of likely N-dealkylation sites (tertiary alicyclic amines) is 1. The smallest absolute Gasteiger partial charge is 0.238 e. The summed E-state index contributed by atoms with van der Waals surface area (Å²) >= 11 is 11.7. The van der Waals surface area contributed by atoms with E-state index in [0.29, 0.717) is 22.3 Å². The fourth-order valence-electron chi connectivity index (χ4n) is 2.41. The maximum atomic E-state index is 12.0.